The number of hydrogen-bond donors (Lipinski definition) is 0. The highest BCUT2D eigenvalue weighted by atomic mass is 35.5. The average molecular weight is 446 g/mol. The maximum Gasteiger partial charge on any atom is 0.275 e. The van der Waals surface area contributed by atoms with Crippen LogP contribution in [0.25, 0.3) is 5.69 Å². The number of anilines is 1. The highest BCUT2D eigenvalue weighted by molar-refractivity contribution is 6.43. The van der Waals surface area contributed by atoms with Crippen LogP contribution in [0.5, 0.6) is 0 Å². The molecule has 0 spiro atoms. The van der Waals surface area contributed by atoms with Gasteiger partial charge in [0, 0.05) is 18.2 Å². The van der Waals surface area contributed by atoms with Crippen molar-refractivity contribution in [1.82, 2.24) is 24.9 Å². The van der Waals surface area contributed by atoms with Gasteiger partial charge in [0.2, 0.25) is 11.7 Å². The third-order valence-corrected chi connectivity index (χ3v) is 4.50. The van der Waals surface area contributed by atoms with E-state index in [4.69, 9.17) is 21.0 Å². The van der Waals surface area contributed by atoms with Gasteiger partial charge in [0.15, 0.2) is 11.8 Å². The fourth-order valence-electron chi connectivity index (χ4n) is 2.61. The highest BCUT2D eigenvalue weighted by Crippen LogP contribution is 2.26. The van der Waals surface area contributed by atoms with E-state index in [2.05, 4.69) is 25.4 Å². The maximum absolute atomic E-state index is 12.9. The van der Waals surface area contributed by atoms with Crippen LogP contribution in [0, 0.1) is 0 Å². The number of nitrogens with zero attached hydrogens (tertiary/aromatic N) is 7. The van der Waals surface area contributed by atoms with E-state index in [0.717, 1.165) is 5.69 Å². The molecular formula is C20H24ClN7O3. The van der Waals surface area contributed by atoms with Crippen LogP contribution in [0.1, 0.15) is 46.3 Å². The van der Waals surface area contributed by atoms with E-state index in [1.165, 1.54) is 4.90 Å². The Morgan fingerprint density at radius 3 is 2.77 bits per heavy atom. The molecule has 0 atom stereocenters. The van der Waals surface area contributed by atoms with E-state index in [1.807, 2.05) is 33.8 Å². The van der Waals surface area contributed by atoms with Gasteiger partial charge in [-0.2, -0.15) is 10.1 Å². The third-order valence-electron chi connectivity index (χ3n) is 4.23. The van der Waals surface area contributed by atoms with Gasteiger partial charge in [-0.25, -0.2) is 4.68 Å². The highest BCUT2D eigenvalue weighted by Gasteiger charge is 2.24. The molecule has 3 rings (SSSR count). The van der Waals surface area contributed by atoms with Crippen LogP contribution in [0.4, 0.5) is 5.69 Å². The smallest absolute Gasteiger partial charge is 0.275 e. The maximum atomic E-state index is 12.9. The Morgan fingerprint density at radius 1 is 1.39 bits per heavy atom. The predicted octanol–water partition coefficient (Wildman–Crippen LogP) is 3.55. The quantitative estimate of drug-likeness (QED) is 0.403. The number of halogens is 1. The number of hydrogen-bond acceptors (Lipinski definition) is 8. The molecule has 3 aromatic heterocycles. The largest absolute Gasteiger partial charge is 0.387 e. The van der Waals surface area contributed by atoms with E-state index in [1.54, 1.807) is 36.3 Å². The minimum Gasteiger partial charge on any atom is -0.387 e. The van der Waals surface area contributed by atoms with Gasteiger partial charge in [0.1, 0.15) is 11.4 Å². The van der Waals surface area contributed by atoms with E-state index < -0.39 is 0 Å². The molecule has 10 nitrogen and oxygen atoms in total. The average Bonchev–Trinajstić information content (AvgIpc) is 3.36. The van der Waals surface area contributed by atoms with Gasteiger partial charge in [0.05, 0.1) is 18.1 Å². The number of pyridine rings is 1. The predicted molar refractivity (Wildman–Crippen MR) is 115 cm³/mol. The first-order valence-electron chi connectivity index (χ1n) is 9.67. The van der Waals surface area contributed by atoms with Crippen molar-refractivity contribution in [2.45, 2.75) is 46.6 Å². The Kier molecular flexibility index (Phi) is 6.69. The van der Waals surface area contributed by atoms with Crippen molar-refractivity contribution in [3.8, 4) is 5.69 Å². The van der Waals surface area contributed by atoms with Gasteiger partial charge in [0.25, 0.3) is 5.91 Å². The van der Waals surface area contributed by atoms with Crippen molar-refractivity contribution in [3.05, 3.63) is 47.6 Å². The Morgan fingerprint density at radius 2 is 2.16 bits per heavy atom. The molecule has 3 aromatic rings. The normalized spacial score (nSPS) is 12.1. The van der Waals surface area contributed by atoms with Crippen molar-refractivity contribution in [2.24, 2.45) is 5.16 Å². The molecule has 0 fully saturated rings. The second kappa shape index (κ2) is 9.25. The summed E-state index contributed by atoms with van der Waals surface area (Å²) < 4.78 is 6.77. The standard InChI is InChI=1S/C20H24ClN7O3/c1-6-27(15-11-28(24-17(15)21)14-8-7-9-22-10-14)18(29)13(2)25-30-12-16-23-19(31-26-16)20(3,4)5/h7-11H,6,12H2,1-5H3/b25-13+. The first-order valence-corrected chi connectivity index (χ1v) is 10.1. The van der Waals surface area contributed by atoms with E-state index in [-0.39, 0.29) is 28.8 Å². The molecule has 0 saturated carbocycles. The Hall–Kier alpha value is -3.27. The summed E-state index contributed by atoms with van der Waals surface area (Å²) in [6.45, 7) is 9.63. The zero-order valence-corrected chi connectivity index (χ0v) is 18.8. The first kappa shape index (κ1) is 22.4. The minimum absolute atomic E-state index is 0.0178. The molecule has 11 heteroatoms. The molecule has 0 radical (unpaired) electrons. The summed E-state index contributed by atoms with van der Waals surface area (Å²) in [7, 11) is 0. The Balaban J connectivity index is 1.70. The van der Waals surface area contributed by atoms with Crippen LogP contribution < -0.4 is 4.90 Å². The molecule has 0 aliphatic carbocycles. The molecule has 0 aromatic carbocycles. The van der Waals surface area contributed by atoms with Crippen LogP contribution in [-0.2, 0) is 21.7 Å². The van der Waals surface area contributed by atoms with Crippen LogP contribution in [0.2, 0.25) is 5.15 Å². The monoisotopic (exact) mass is 445 g/mol. The zero-order valence-electron chi connectivity index (χ0n) is 18.0. The third kappa shape index (κ3) is 5.26. The summed E-state index contributed by atoms with van der Waals surface area (Å²) in [5.74, 6) is 0.487. The second-order valence-electron chi connectivity index (χ2n) is 7.73. The van der Waals surface area contributed by atoms with Gasteiger partial charge in [-0.1, -0.05) is 42.7 Å². The molecule has 0 aliphatic rings. The number of oxime groups is 1. The van der Waals surface area contributed by atoms with Crippen molar-refractivity contribution in [2.75, 3.05) is 11.4 Å². The number of carbonyl (C=O) groups is 1. The minimum atomic E-state index is -0.362. The first-order chi connectivity index (χ1) is 14.7. The number of rotatable bonds is 7. The summed E-state index contributed by atoms with van der Waals surface area (Å²) in [4.78, 5) is 28.0. The Bertz CT molecular complexity index is 1070. The summed E-state index contributed by atoms with van der Waals surface area (Å²) in [6.07, 6.45) is 4.98. The molecule has 3 heterocycles. The molecule has 31 heavy (non-hydrogen) atoms. The van der Waals surface area contributed by atoms with Crippen molar-refractivity contribution in [1.29, 1.82) is 0 Å². The lowest BCUT2D eigenvalue weighted by Crippen LogP contribution is -2.35. The number of amides is 1. The second-order valence-corrected chi connectivity index (χ2v) is 8.08. The van der Waals surface area contributed by atoms with Crippen molar-refractivity contribution < 1.29 is 14.2 Å². The van der Waals surface area contributed by atoms with Gasteiger partial charge in [-0.15, -0.1) is 0 Å². The molecule has 1 amide bonds. The fourth-order valence-corrected chi connectivity index (χ4v) is 2.84. The van der Waals surface area contributed by atoms with Crippen molar-refractivity contribution >= 4 is 28.9 Å². The molecular weight excluding hydrogens is 422 g/mol. The van der Waals surface area contributed by atoms with E-state index in [9.17, 15) is 4.79 Å². The zero-order chi connectivity index (χ0) is 22.6. The SMILES string of the molecule is CCN(C(=O)/C(C)=N/OCc1noc(C(C)(C)C)n1)c1cn(-c2cccnc2)nc1Cl. The lowest BCUT2D eigenvalue weighted by Gasteiger charge is -2.18. The van der Waals surface area contributed by atoms with Crippen LogP contribution in [-0.4, -0.2) is 43.1 Å². The van der Waals surface area contributed by atoms with Crippen LogP contribution in [0.15, 0.2) is 40.4 Å². The topological polar surface area (TPSA) is 112 Å². The van der Waals surface area contributed by atoms with Crippen molar-refractivity contribution in [3.63, 3.8) is 0 Å². The van der Waals surface area contributed by atoms with E-state index >= 15 is 0 Å². The summed E-state index contributed by atoms with van der Waals surface area (Å²) >= 11 is 6.30. The summed E-state index contributed by atoms with van der Waals surface area (Å²) in [6, 6.07) is 3.62. The van der Waals surface area contributed by atoms with Gasteiger partial charge >= 0.3 is 0 Å². The molecule has 0 aliphatic heterocycles. The summed E-state index contributed by atoms with van der Waals surface area (Å²) in [5.41, 5.74) is 1.07. The number of carbonyl (C=O) groups excluding carboxylic acids is 1. The van der Waals surface area contributed by atoms with Gasteiger partial charge in [-0.3, -0.25) is 9.78 Å². The van der Waals surface area contributed by atoms with Crippen LogP contribution in [0.3, 0.4) is 0 Å². The molecule has 0 unspecified atom stereocenters. The van der Waals surface area contributed by atoms with Gasteiger partial charge < -0.3 is 14.3 Å². The molecule has 0 N–H and O–H groups in total. The molecule has 164 valence electrons. The van der Waals surface area contributed by atoms with Crippen LogP contribution >= 0.6 is 11.6 Å². The lowest BCUT2D eigenvalue weighted by atomic mass is 9.97. The molecule has 0 saturated heterocycles. The molecule has 0 bridgehead atoms. The van der Waals surface area contributed by atoms with E-state index in [0.29, 0.717) is 23.9 Å². The Labute approximate surface area is 184 Å². The lowest BCUT2D eigenvalue weighted by molar-refractivity contribution is -0.112. The number of aromatic nitrogens is 5. The van der Waals surface area contributed by atoms with Gasteiger partial charge in [-0.05, 0) is 26.0 Å². The summed E-state index contributed by atoms with van der Waals surface area (Å²) in [5, 5.41) is 12.2. The fraction of sp³-hybridized carbons (Fsp3) is 0.400.